The third kappa shape index (κ3) is 1.56. The van der Waals surface area contributed by atoms with Gasteiger partial charge in [-0.25, -0.2) is 0 Å². The average molecular weight is 210 g/mol. The largest absolute Gasteiger partial charge is 0.384 e. The highest BCUT2D eigenvalue weighted by molar-refractivity contribution is 5.69. The smallest absolute Gasteiger partial charge is 0.0373 e. The van der Waals surface area contributed by atoms with Gasteiger partial charge in [0.1, 0.15) is 0 Å². The van der Waals surface area contributed by atoms with Crippen LogP contribution in [-0.4, -0.2) is 11.5 Å². The number of anilines is 1. The molecule has 2 heteroatoms. The standard InChI is InChI=1S/C14H14N2/c1-10-6-13(9-15-8-10)11-2-3-14-12(7-11)4-5-16-14/h2-3,6-9,16H,4-5H2,1H3. The summed E-state index contributed by atoms with van der Waals surface area (Å²) in [6.07, 6.45) is 4.94. The maximum absolute atomic E-state index is 4.24. The Bertz CT molecular complexity index is 532. The van der Waals surface area contributed by atoms with Crippen molar-refractivity contribution in [2.75, 3.05) is 11.9 Å². The van der Waals surface area contributed by atoms with Gasteiger partial charge >= 0.3 is 0 Å². The van der Waals surface area contributed by atoms with Crippen molar-refractivity contribution >= 4 is 5.69 Å². The minimum Gasteiger partial charge on any atom is -0.384 e. The third-order valence-electron chi connectivity index (χ3n) is 3.02. The van der Waals surface area contributed by atoms with Crippen LogP contribution in [0.25, 0.3) is 11.1 Å². The summed E-state index contributed by atoms with van der Waals surface area (Å²) in [6, 6.07) is 8.77. The van der Waals surface area contributed by atoms with Crippen LogP contribution in [0.5, 0.6) is 0 Å². The second kappa shape index (κ2) is 3.63. The SMILES string of the molecule is Cc1cncc(-c2ccc3c(c2)CCN3)c1. The lowest BCUT2D eigenvalue weighted by molar-refractivity contribution is 1.11. The second-order valence-corrected chi connectivity index (χ2v) is 4.30. The molecule has 1 aliphatic heterocycles. The number of rotatable bonds is 1. The number of aromatic nitrogens is 1. The summed E-state index contributed by atoms with van der Waals surface area (Å²) in [7, 11) is 0. The van der Waals surface area contributed by atoms with Crippen LogP contribution in [0.15, 0.2) is 36.7 Å². The van der Waals surface area contributed by atoms with Gasteiger partial charge in [-0.1, -0.05) is 6.07 Å². The van der Waals surface area contributed by atoms with Gasteiger partial charge < -0.3 is 5.32 Å². The van der Waals surface area contributed by atoms with Crippen molar-refractivity contribution in [1.82, 2.24) is 4.98 Å². The van der Waals surface area contributed by atoms with Gasteiger partial charge in [0.05, 0.1) is 0 Å². The highest BCUT2D eigenvalue weighted by atomic mass is 14.9. The molecule has 16 heavy (non-hydrogen) atoms. The van der Waals surface area contributed by atoms with Crippen LogP contribution in [0, 0.1) is 6.92 Å². The van der Waals surface area contributed by atoms with Gasteiger partial charge in [0.15, 0.2) is 0 Å². The predicted octanol–water partition coefficient (Wildman–Crippen LogP) is 3.03. The van der Waals surface area contributed by atoms with Gasteiger partial charge in [0.25, 0.3) is 0 Å². The van der Waals surface area contributed by atoms with Crippen molar-refractivity contribution < 1.29 is 0 Å². The molecular weight excluding hydrogens is 196 g/mol. The number of aryl methyl sites for hydroxylation is 1. The molecule has 0 bridgehead atoms. The Morgan fingerprint density at radius 3 is 2.94 bits per heavy atom. The van der Waals surface area contributed by atoms with Crippen LogP contribution in [-0.2, 0) is 6.42 Å². The van der Waals surface area contributed by atoms with Crippen LogP contribution in [0.1, 0.15) is 11.1 Å². The van der Waals surface area contributed by atoms with E-state index in [9.17, 15) is 0 Å². The van der Waals surface area contributed by atoms with E-state index < -0.39 is 0 Å². The molecule has 1 aliphatic rings. The fourth-order valence-electron chi connectivity index (χ4n) is 2.20. The summed E-state index contributed by atoms with van der Waals surface area (Å²) in [5.41, 5.74) is 6.37. The number of hydrogen-bond acceptors (Lipinski definition) is 2. The number of pyridine rings is 1. The van der Waals surface area contributed by atoms with Crippen molar-refractivity contribution in [3.8, 4) is 11.1 Å². The molecule has 1 N–H and O–H groups in total. The van der Waals surface area contributed by atoms with Gasteiger partial charge in [0, 0.05) is 30.2 Å². The minimum atomic E-state index is 1.06. The molecule has 2 heterocycles. The Labute approximate surface area is 95.3 Å². The number of hydrogen-bond donors (Lipinski definition) is 1. The summed E-state index contributed by atoms with van der Waals surface area (Å²) < 4.78 is 0. The highest BCUT2D eigenvalue weighted by Crippen LogP contribution is 2.28. The third-order valence-corrected chi connectivity index (χ3v) is 3.02. The van der Waals surface area contributed by atoms with Crippen LogP contribution in [0.2, 0.25) is 0 Å². The van der Waals surface area contributed by atoms with E-state index in [1.807, 2.05) is 12.4 Å². The Hall–Kier alpha value is -1.83. The van der Waals surface area contributed by atoms with Crippen molar-refractivity contribution in [2.45, 2.75) is 13.3 Å². The molecule has 3 rings (SSSR count). The molecule has 0 amide bonds. The van der Waals surface area contributed by atoms with E-state index in [0.717, 1.165) is 13.0 Å². The molecule has 2 nitrogen and oxygen atoms in total. The van der Waals surface area contributed by atoms with Crippen LogP contribution in [0.3, 0.4) is 0 Å². The maximum Gasteiger partial charge on any atom is 0.0373 e. The lowest BCUT2D eigenvalue weighted by Crippen LogP contribution is -1.90. The summed E-state index contributed by atoms with van der Waals surface area (Å²) >= 11 is 0. The first kappa shape index (κ1) is 9.40. The molecule has 1 aromatic carbocycles. The van der Waals surface area contributed by atoms with E-state index in [-0.39, 0.29) is 0 Å². The fraction of sp³-hybridized carbons (Fsp3) is 0.214. The molecule has 0 aliphatic carbocycles. The topological polar surface area (TPSA) is 24.9 Å². The van der Waals surface area contributed by atoms with Gasteiger partial charge in [-0.15, -0.1) is 0 Å². The Morgan fingerprint density at radius 2 is 2.06 bits per heavy atom. The molecule has 0 saturated carbocycles. The fourth-order valence-corrected chi connectivity index (χ4v) is 2.20. The zero-order valence-corrected chi connectivity index (χ0v) is 9.33. The van der Waals surface area contributed by atoms with Gasteiger partial charge in [-0.2, -0.15) is 0 Å². The van der Waals surface area contributed by atoms with Crippen LogP contribution >= 0.6 is 0 Å². The van der Waals surface area contributed by atoms with E-state index in [0.29, 0.717) is 0 Å². The molecule has 0 unspecified atom stereocenters. The lowest BCUT2D eigenvalue weighted by atomic mass is 10.0. The Kier molecular flexibility index (Phi) is 2.13. The molecule has 0 spiro atoms. The molecule has 0 saturated heterocycles. The molecule has 2 aromatic rings. The van der Waals surface area contributed by atoms with Gasteiger partial charge in [-0.3, -0.25) is 4.98 Å². The van der Waals surface area contributed by atoms with Gasteiger partial charge in [-0.05, 0) is 48.2 Å². The first-order valence-electron chi connectivity index (χ1n) is 5.62. The normalized spacial score (nSPS) is 13.3. The summed E-state index contributed by atoms with van der Waals surface area (Å²) in [4.78, 5) is 4.24. The predicted molar refractivity (Wildman–Crippen MR) is 66.6 cm³/mol. The lowest BCUT2D eigenvalue weighted by Gasteiger charge is -2.05. The molecular formula is C14H14N2. The number of nitrogens with one attached hydrogen (secondary N) is 1. The Balaban J connectivity index is 2.07. The first-order chi connectivity index (χ1) is 7.83. The highest BCUT2D eigenvalue weighted by Gasteiger charge is 2.10. The van der Waals surface area contributed by atoms with Gasteiger partial charge in [0.2, 0.25) is 0 Å². The quantitative estimate of drug-likeness (QED) is 0.782. The molecule has 0 radical (unpaired) electrons. The summed E-state index contributed by atoms with van der Waals surface area (Å²) in [5, 5.41) is 3.37. The number of nitrogens with zero attached hydrogens (tertiary/aromatic N) is 1. The molecule has 1 aromatic heterocycles. The van der Waals surface area contributed by atoms with E-state index in [1.54, 1.807) is 0 Å². The van der Waals surface area contributed by atoms with Crippen molar-refractivity contribution in [3.05, 3.63) is 47.8 Å². The van der Waals surface area contributed by atoms with Crippen molar-refractivity contribution in [2.24, 2.45) is 0 Å². The van der Waals surface area contributed by atoms with E-state index in [2.05, 4.69) is 41.5 Å². The molecule has 0 atom stereocenters. The second-order valence-electron chi connectivity index (χ2n) is 4.30. The van der Waals surface area contributed by atoms with E-state index in [1.165, 1.54) is 27.9 Å². The summed E-state index contributed by atoms with van der Waals surface area (Å²) in [5.74, 6) is 0. The minimum absolute atomic E-state index is 1.06. The molecule has 0 fully saturated rings. The number of fused-ring (bicyclic) bond motifs is 1. The maximum atomic E-state index is 4.24. The monoisotopic (exact) mass is 210 g/mol. The van der Waals surface area contributed by atoms with Crippen LogP contribution < -0.4 is 5.32 Å². The Morgan fingerprint density at radius 1 is 1.12 bits per heavy atom. The first-order valence-corrected chi connectivity index (χ1v) is 5.62. The zero-order chi connectivity index (χ0) is 11.0. The molecule has 80 valence electrons. The van der Waals surface area contributed by atoms with Crippen molar-refractivity contribution in [1.29, 1.82) is 0 Å². The summed E-state index contributed by atoms with van der Waals surface area (Å²) in [6.45, 7) is 3.14. The average Bonchev–Trinajstić information content (AvgIpc) is 2.75. The zero-order valence-electron chi connectivity index (χ0n) is 9.33. The van der Waals surface area contributed by atoms with Crippen molar-refractivity contribution in [3.63, 3.8) is 0 Å². The van der Waals surface area contributed by atoms with E-state index >= 15 is 0 Å². The van der Waals surface area contributed by atoms with Crippen LogP contribution in [0.4, 0.5) is 5.69 Å². The van der Waals surface area contributed by atoms with E-state index in [4.69, 9.17) is 0 Å². The number of benzene rings is 1.